The van der Waals surface area contributed by atoms with E-state index in [0.29, 0.717) is 22.4 Å². The monoisotopic (exact) mass is 306 g/mol. The van der Waals surface area contributed by atoms with Crippen LogP contribution in [0.15, 0.2) is 12.1 Å². The predicted molar refractivity (Wildman–Crippen MR) is 83.5 cm³/mol. The molecule has 1 aliphatic rings. The van der Waals surface area contributed by atoms with Crippen LogP contribution in [0.25, 0.3) is 10.9 Å². The number of nitrogens with zero attached hydrogens (tertiary/aromatic N) is 2. The molecule has 112 valence electrons. The summed E-state index contributed by atoms with van der Waals surface area (Å²) < 4.78 is 10.6. The van der Waals surface area contributed by atoms with Crippen molar-refractivity contribution < 1.29 is 9.47 Å². The first-order valence-electron chi connectivity index (χ1n) is 7.32. The highest BCUT2D eigenvalue weighted by atomic mass is 35.5. The van der Waals surface area contributed by atoms with Crippen LogP contribution in [-0.4, -0.2) is 24.4 Å². The number of aromatic nitrogens is 2. The van der Waals surface area contributed by atoms with Crippen LogP contribution >= 0.6 is 11.6 Å². The first kappa shape index (κ1) is 14.4. The second-order valence-corrected chi connectivity index (χ2v) is 5.84. The van der Waals surface area contributed by atoms with Crippen molar-refractivity contribution in [3.63, 3.8) is 0 Å². The highest BCUT2D eigenvalue weighted by molar-refractivity contribution is 6.36. The van der Waals surface area contributed by atoms with Gasteiger partial charge in [0.2, 0.25) is 0 Å². The molecule has 4 nitrogen and oxygen atoms in total. The average molecular weight is 307 g/mol. The number of ether oxygens (including phenoxy) is 2. The lowest BCUT2D eigenvalue weighted by molar-refractivity contribution is 0.355. The molecule has 0 spiro atoms. The second kappa shape index (κ2) is 6.06. The fourth-order valence-electron chi connectivity index (χ4n) is 3.05. The van der Waals surface area contributed by atoms with Gasteiger partial charge in [0, 0.05) is 17.4 Å². The Morgan fingerprint density at radius 3 is 2.33 bits per heavy atom. The minimum atomic E-state index is 0.427. The Bertz CT molecular complexity index is 654. The van der Waals surface area contributed by atoms with E-state index in [4.69, 9.17) is 21.1 Å². The van der Waals surface area contributed by atoms with Gasteiger partial charge in [-0.3, -0.25) is 0 Å². The van der Waals surface area contributed by atoms with Crippen LogP contribution in [0, 0.1) is 0 Å². The Morgan fingerprint density at radius 2 is 1.67 bits per heavy atom. The molecule has 0 amide bonds. The molecule has 1 saturated carbocycles. The van der Waals surface area contributed by atoms with E-state index in [2.05, 4.69) is 10.2 Å². The molecule has 1 aromatic heterocycles. The summed E-state index contributed by atoms with van der Waals surface area (Å²) in [5.74, 6) is 1.73. The Kier molecular flexibility index (Phi) is 4.15. The molecule has 0 aliphatic heterocycles. The lowest BCUT2D eigenvalue weighted by Gasteiger charge is -2.22. The summed E-state index contributed by atoms with van der Waals surface area (Å²) in [5, 5.41) is 10.3. The fraction of sp³-hybridized carbons (Fsp3) is 0.500. The number of fused-ring (bicyclic) bond motifs is 1. The highest BCUT2D eigenvalue weighted by Crippen LogP contribution is 2.40. The van der Waals surface area contributed by atoms with Crippen molar-refractivity contribution >= 4 is 22.5 Å². The number of benzene rings is 1. The zero-order valence-electron chi connectivity index (χ0n) is 12.4. The third-order valence-corrected chi connectivity index (χ3v) is 4.62. The zero-order valence-corrected chi connectivity index (χ0v) is 13.1. The van der Waals surface area contributed by atoms with Crippen LogP contribution in [0.4, 0.5) is 0 Å². The lowest BCUT2D eigenvalue weighted by atomic mass is 9.86. The maximum atomic E-state index is 6.60. The van der Waals surface area contributed by atoms with Crippen LogP contribution in [0.5, 0.6) is 11.5 Å². The molecule has 1 aromatic carbocycles. The quantitative estimate of drug-likeness (QED) is 0.845. The van der Waals surface area contributed by atoms with Crippen LogP contribution in [-0.2, 0) is 0 Å². The molecule has 3 rings (SSSR count). The minimum absolute atomic E-state index is 0.427. The van der Waals surface area contributed by atoms with Crippen LogP contribution in [0.3, 0.4) is 0 Å². The number of halogens is 1. The molecule has 0 radical (unpaired) electrons. The van der Waals surface area contributed by atoms with Gasteiger partial charge in [0.1, 0.15) is 0 Å². The van der Waals surface area contributed by atoms with Gasteiger partial charge in [0.15, 0.2) is 11.5 Å². The molecule has 0 bridgehead atoms. The average Bonchev–Trinajstić information content (AvgIpc) is 2.55. The molecule has 2 aromatic rings. The summed E-state index contributed by atoms with van der Waals surface area (Å²) >= 11 is 6.60. The van der Waals surface area contributed by atoms with Crippen molar-refractivity contribution in [2.45, 2.75) is 38.0 Å². The van der Waals surface area contributed by atoms with Crippen LogP contribution in [0.2, 0.25) is 5.02 Å². The number of methoxy groups -OCH3 is 2. The maximum absolute atomic E-state index is 6.60. The van der Waals surface area contributed by atoms with Gasteiger partial charge in [0.05, 0.1) is 30.5 Å². The second-order valence-electron chi connectivity index (χ2n) is 5.46. The Labute approximate surface area is 129 Å². The number of hydrogen-bond acceptors (Lipinski definition) is 4. The van der Waals surface area contributed by atoms with Gasteiger partial charge in [-0.25, -0.2) is 0 Å². The Hall–Kier alpha value is -1.55. The molecule has 1 fully saturated rings. The molecular formula is C16H19ClN2O2. The molecule has 0 saturated heterocycles. The zero-order chi connectivity index (χ0) is 14.8. The van der Waals surface area contributed by atoms with Gasteiger partial charge < -0.3 is 9.47 Å². The van der Waals surface area contributed by atoms with Gasteiger partial charge >= 0.3 is 0 Å². The third-order valence-electron chi connectivity index (χ3n) is 4.22. The van der Waals surface area contributed by atoms with Crippen LogP contribution in [0.1, 0.15) is 43.7 Å². The van der Waals surface area contributed by atoms with E-state index >= 15 is 0 Å². The molecule has 0 unspecified atom stereocenters. The normalized spacial score (nSPS) is 16.1. The van der Waals surface area contributed by atoms with Crippen molar-refractivity contribution in [2.75, 3.05) is 14.2 Å². The first-order chi connectivity index (χ1) is 10.2. The van der Waals surface area contributed by atoms with Gasteiger partial charge in [-0.15, -0.1) is 5.10 Å². The lowest BCUT2D eigenvalue weighted by Crippen LogP contribution is -2.08. The summed E-state index contributed by atoms with van der Waals surface area (Å²) in [6.07, 6.45) is 6.08. The predicted octanol–water partition coefficient (Wildman–Crippen LogP) is 4.35. The summed E-state index contributed by atoms with van der Waals surface area (Å²) in [6, 6.07) is 3.70. The van der Waals surface area contributed by atoms with Gasteiger partial charge in [-0.2, -0.15) is 5.10 Å². The van der Waals surface area contributed by atoms with Crippen molar-refractivity contribution in [3.8, 4) is 11.5 Å². The highest BCUT2D eigenvalue weighted by Gasteiger charge is 2.22. The third kappa shape index (κ3) is 2.64. The van der Waals surface area contributed by atoms with E-state index in [1.165, 1.54) is 19.3 Å². The first-order valence-corrected chi connectivity index (χ1v) is 7.70. The van der Waals surface area contributed by atoms with Gasteiger partial charge in [-0.05, 0) is 18.9 Å². The standard InChI is InChI=1S/C16H19ClN2O2/c1-20-13-8-11-12(9-14(13)21-2)18-19-16(15(11)17)10-6-4-3-5-7-10/h8-10H,3-7H2,1-2H3. The van der Waals surface area contributed by atoms with Gasteiger partial charge in [0.25, 0.3) is 0 Å². The van der Waals surface area contributed by atoms with Gasteiger partial charge in [-0.1, -0.05) is 30.9 Å². The van der Waals surface area contributed by atoms with E-state index in [1.807, 2.05) is 12.1 Å². The van der Waals surface area contributed by atoms with E-state index < -0.39 is 0 Å². The number of hydrogen-bond donors (Lipinski definition) is 0. The van der Waals surface area contributed by atoms with E-state index in [9.17, 15) is 0 Å². The molecule has 0 N–H and O–H groups in total. The molecular weight excluding hydrogens is 288 g/mol. The largest absolute Gasteiger partial charge is 0.493 e. The number of rotatable bonds is 3. The van der Waals surface area contributed by atoms with Crippen molar-refractivity contribution in [1.29, 1.82) is 0 Å². The van der Waals surface area contributed by atoms with E-state index in [1.54, 1.807) is 14.2 Å². The minimum Gasteiger partial charge on any atom is -0.493 e. The van der Waals surface area contributed by atoms with Crippen molar-refractivity contribution in [3.05, 3.63) is 22.8 Å². The maximum Gasteiger partial charge on any atom is 0.162 e. The van der Waals surface area contributed by atoms with Crippen LogP contribution < -0.4 is 9.47 Å². The smallest absolute Gasteiger partial charge is 0.162 e. The Morgan fingerprint density at radius 1 is 1.00 bits per heavy atom. The molecule has 5 heteroatoms. The molecule has 0 atom stereocenters. The van der Waals surface area contributed by atoms with E-state index in [0.717, 1.165) is 29.4 Å². The van der Waals surface area contributed by atoms with E-state index in [-0.39, 0.29) is 0 Å². The Balaban J connectivity index is 2.10. The molecule has 21 heavy (non-hydrogen) atoms. The molecule has 1 heterocycles. The topological polar surface area (TPSA) is 44.2 Å². The summed E-state index contributed by atoms with van der Waals surface area (Å²) in [5.41, 5.74) is 1.66. The summed E-state index contributed by atoms with van der Waals surface area (Å²) in [4.78, 5) is 0. The molecule has 1 aliphatic carbocycles. The SMILES string of the molecule is COc1cc2nnc(C3CCCCC3)c(Cl)c2cc1OC. The summed E-state index contributed by atoms with van der Waals surface area (Å²) in [6.45, 7) is 0. The fourth-order valence-corrected chi connectivity index (χ4v) is 3.40. The van der Waals surface area contributed by atoms with Crippen molar-refractivity contribution in [1.82, 2.24) is 10.2 Å². The van der Waals surface area contributed by atoms with Crippen molar-refractivity contribution in [2.24, 2.45) is 0 Å². The summed E-state index contributed by atoms with van der Waals surface area (Å²) in [7, 11) is 3.23.